The van der Waals surface area contributed by atoms with E-state index < -0.39 is 11.6 Å². The predicted octanol–water partition coefficient (Wildman–Crippen LogP) is 4.07. The Morgan fingerprint density at radius 2 is 1.70 bits per heavy atom. The Morgan fingerprint density at radius 3 is 2.20 bits per heavy atom. The van der Waals surface area contributed by atoms with Crippen LogP contribution in [0.5, 0.6) is 0 Å². The summed E-state index contributed by atoms with van der Waals surface area (Å²) in [5.41, 5.74) is 0.685. The summed E-state index contributed by atoms with van der Waals surface area (Å²) in [6.07, 6.45) is 0.412. The first-order chi connectivity index (χ1) is 9.51. The fourth-order valence-corrected chi connectivity index (χ4v) is 2.09. The molecule has 104 valence electrons. The zero-order valence-electron chi connectivity index (χ0n) is 10.7. The minimum atomic E-state index is -0.761. The van der Waals surface area contributed by atoms with E-state index in [1.807, 2.05) is 0 Å². The van der Waals surface area contributed by atoms with E-state index in [0.29, 0.717) is 17.9 Å². The summed E-state index contributed by atoms with van der Waals surface area (Å²) in [7, 11) is 1.58. The van der Waals surface area contributed by atoms with Crippen LogP contribution in [0.1, 0.15) is 15.9 Å². The number of hydrogen-bond acceptors (Lipinski definition) is 2. The number of carbonyl (C=O) groups excluding carboxylic acids is 1. The average molecular weight is 296 g/mol. The van der Waals surface area contributed by atoms with Crippen molar-refractivity contribution in [2.45, 2.75) is 6.54 Å². The lowest BCUT2D eigenvalue weighted by Gasteiger charge is -2.21. The maximum Gasteiger partial charge on any atom is 0.150 e. The van der Waals surface area contributed by atoms with Gasteiger partial charge in [0.1, 0.15) is 23.6 Å². The Hall–Kier alpha value is -1.94. The zero-order chi connectivity index (χ0) is 14.7. The van der Waals surface area contributed by atoms with E-state index in [-0.39, 0.29) is 11.3 Å². The standard InChI is InChI=1S/C15H12ClF2NO/c1-19(8-10-2-4-12(16)5-3-10)15-13(17)6-11(9-20)7-14(15)18/h2-7,9H,8H2,1H3. The number of nitrogens with zero attached hydrogens (tertiary/aromatic N) is 1. The van der Waals surface area contributed by atoms with Crippen LogP contribution in [0.2, 0.25) is 5.02 Å². The first kappa shape index (κ1) is 14.5. The third-order valence-corrected chi connectivity index (χ3v) is 3.14. The Morgan fingerprint density at radius 1 is 1.15 bits per heavy atom. The first-order valence-corrected chi connectivity index (χ1v) is 6.29. The van der Waals surface area contributed by atoms with Gasteiger partial charge < -0.3 is 4.90 Å². The van der Waals surface area contributed by atoms with E-state index in [4.69, 9.17) is 11.6 Å². The summed E-state index contributed by atoms with van der Waals surface area (Å²) in [4.78, 5) is 12.0. The SMILES string of the molecule is CN(Cc1ccc(Cl)cc1)c1c(F)cc(C=O)cc1F. The number of rotatable bonds is 4. The van der Waals surface area contributed by atoms with Crippen molar-refractivity contribution < 1.29 is 13.6 Å². The van der Waals surface area contributed by atoms with Gasteiger partial charge in [0.25, 0.3) is 0 Å². The molecule has 0 unspecified atom stereocenters. The van der Waals surface area contributed by atoms with Crippen LogP contribution in [-0.2, 0) is 6.54 Å². The molecule has 0 heterocycles. The number of benzene rings is 2. The lowest BCUT2D eigenvalue weighted by molar-refractivity contribution is 0.112. The molecule has 2 nitrogen and oxygen atoms in total. The molecular formula is C15H12ClF2NO. The second-order valence-corrected chi connectivity index (χ2v) is 4.87. The molecule has 0 saturated heterocycles. The fraction of sp³-hybridized carbons (Fsp3) is 0.133. The number of hydrogen-bond donors (Lipinski definition) is 0. The van der Waals surface area contributed by atoms with Gasteiger partial charge in [-0.3, -0.25) is 4.79 Å². The Labute approximate surface area is 120 Å². The van der Waals surface area contributed by atoms with Crippen molar-refractivity contribution in [1.29, 1.82) is 0 Å². The van der Waals surface area contributed by atoms with Gasteiger partial charge in [0.05, 0.1) is 0 Å². The number of aldehydes is 1. The molecule has 0 aliphatic rings. The molecule has 2 aromatic rings. The van der Waals surface area contributed by atoms with Gasteiger partial charge in [-0.05, 0) is 29.8 Å². The van der Waals surface area contributed by atoms with Crippen LogP contribution >= 0.6 is 11.6 Å². The molecule has 0 aliphatic carbocycles. The highest BCUT2D eigenvalue weighted by Gasteiger charge is 2.15. The van der Waals surface area contributed by atoms with Gasteiger partial charge in [0, 0.05) is 24.2 Å². The van der Waals surface area contributed by atoms with Crippen LogP contribution in [-0.4, -0.2) is 13.3 Å². The van der Waals surface area contributed by atoms with Gasteiger partial charge in [-0.15, -0.1) is 0 Å². The predicted molar refractivity (Wildman–Crippen MR) is 75.3 cm³/mol. The third kappa shape index (κ3) is 3.14. The van der Waals surface area contributed by atoms with E-state index in [1.165, 1.54) is 4.90 Å². The van der Waals surface area contributed by atoms with E-state index >= 15 is 0 Å². The molecule has 0 spiro atoms. The molecule has 0 N–H and O–H groups in total. The Balaban J connectivity index is 2.27. The van der Waals surface area contributed by atoms with E-state index in [2.05, 4.69) is 0 Å². The Kier molecular flexibility index (Phi) is 4.35. The molecule has 0 aromatic heterocycles. The van der Waals surface area contributed by atoms with Gasteiger partial charge >= 0.3 is 0 Å². The number of carbonyl (C=O) groups is 1. The van der Waals surface area contributed by atoms with Crippen molar-refractivity contribution in [3.8, 4) is 0 Å². The Bertz CT molecular complexity index is 605. The van der Waals surface area contributed by atoms with Crippen LogP contribution in [0.3, 0.4) is 0 Å². The van der Waals surface area contributed by atoms with Crippen LogP contribution in [0, 0.1) is 11.6 Å². The quantitative estimate of drug-likeness (QED) is 0.793. The number of halogens is 3. The third-order valence-electron chi connectivity index (χ3n) is 2.89. The van der Waals surface area contributed by atoms with Crippen molar-refractivity contribution in [3.63, 3.8) is 0 Å². The van der Waals surface area contributed by atoms with Gasteiger partial charge in [0.15, 0.2) is 0 Å². The first-order valence-electron chi connectivity index (χ1n) is 5.91. The summed E-state index contributed by atoms with van der Waals surface area (Å²) in [6, 6.07) is 9.04. The minimum Gasteiger partial charge on any atom is -0.366 e. The number of anilines is 1. The molecule has 0 bridgehead atoms. The smallest absolute Gasteiger partial charge is 0.150 e. The molecular weight excluding hydrogens is 284 g/mol. The summed E-state index contributed by atoms with van der Waals surface area (Å²) < 4.78 is 27.7. The molecule has 2 rings (SSSR count). The average Bonchev–Trinajstić information content (AvgIpc) is 2.40. The highest BCUT2D eigenvalue weighted by molar-refractivity contribution is 6.30. The molecule has 0 amide bonds. The van der Waals surface area contributed by atoms with Crippen LogP contribution in [0.4, 0.5) is 14.5 Å². The molecule has 0 aliphatic heterocycles. The summed E-state index contributed by atoms with van der Waals surface area (Å²) >= 11 is 5.78. The zero-order valence-corrected chi connectivity index (χ0v) is 11.5. The van der Waals surface area contributed by atoms with Crippen LogP contribution in [0.25, 0.3) is 0 Å². The maximum atomic E-state index is 13.9. The normalized spacial score (nSPS) is 10.4. The second kappa shape index (κ2) is 6.01. The van der Waals surface area contributed by atoms with Crippen molar-refractivity contribution >= 4 is 23.6 Å². The maximum absolute atomic E-state index is 13.9. The molecule has 0 saturated carbocycles. The van der Waals surface area contributed by atoms with Crippen molar-refractivity contribution in [2.24, 2.45) is 0 Å². The summed E-state index contributed by atoms with van der Waals surface area (Å²) in [5.74, 6) is -1.52. The lowest BCUT2D eigenvalue weighted by atomic mass is 10.1. The monoisotopic (exact) mass is 295 g/mol. The summed E-state index contributed by atoms with van der Waals surface area (Å²) in [5, 5.41) is 0.601. The second-order valence-electron chi connectivity index (χ2n) is 4.43. The van der Waals surface area contributed by atoms with E-state index in [9.17, 15) is 13.6 Å². The fourth-order valence-electron chi connectivity index (χ4n) is 1.96. The molecule has 5 heteroatoms. The molecule has 0 radical (unpaired) electrons. The lowest BCUT2D eigenvalue weighted by Crippen LogP contribution is -2.19. The molecule has 20 heavy (non-hydrogen) atoms. The van der Waals surface area contributed by atoms with Gasteiger partial charge in [-0.2, -0.15) is 0 Å². The largest absolute Gasteiger partial charge is 0.366 e. The highest BCUT2D eigenvalue weighted by Crippen LogP contribution is 2.25. The van der Waals surface area contributed by atoms with Crippen LogP contribution in [0.15, 0.2) is 36.4 Å². The molecule has 0 atom stereocenters. The van der Waals surface area contributed by atoms with Gasteiger partial charge in [0.2, 0.25) is 0 Å². The van der Waals surface area contributed by atoms with Crippen molar-refractivity contribution in [2.75, 3.05) is 11.9 Å². The van der Waals surface area contributed by atoms with Crippen molar-refractivity contribution in [3.05, 3.63) is 64.2 Å². The summed E-state index contributed by atoms with van der Waals surface area (Å²) in [6.45, 7) is 0.325. The molecule has 0 fully saturated rings. The topological polar surface area (TPSA) is 20.3 Å². The van der Waals surface area contributed by atoms with Gasteiger partial charge in [-0.25, -0.2) is 8.78 Å². The van der Waals surface area contributed by atoms with E-state index in [1.54, 1.807) is 31.3 Å². The van der Waals surface area contributed by atoms with Crippen LogP contribution < -0.4 is 4.90 Å². The minimum absolute atomic E-state index is 0.0244. The van der Waals surface area contributed by atoms with E-state index in [0.717, 1.165) is 17.7 Å². The highest BCUT2D eigenvalue weighted by atomic mass is 35.5. The van der Waals surface area contributed by atoms with Crippen molar-refractivity contribution in [1.82, 2.24) is 0 Å². The van der Waals surface area contributed by atoms with Gasteiger partial charge in [-0.1, -0.05) is 23.7 Å². The molecule has 2 aromatic carbocycles.